The average molecular weight is 428 g/mol. The maximum absolute atomic E-state index is 13.5. The molecule has 0 aliphatic carbocycles. The summed E-state index contributed by atoms with van der Waals surface area (Å²) >= 11 is 5.75. The Morgan fingerprint density at radius 2 is 1.96 bits per heavy atom. The molecule has 0 amide bonds. The maximum atomic E-state index is 13.5. The molecule has 0 bridgehead atoms. The van der Waals surface area contributed by atoms with Gasteiger partial charge in [0.1, 0.15) is 11.0 Å². The van der Waals surface area contributed by atoms with Crippen molar-refractivity contribution in [3.63, 3.8) is 0 Å². The molecule has 1 aromatic heterocycles. The first kappa shape index (κ1) is 21.9. The summed E-state index contributed by atoms with van der Waals surface area (Å²) in [4.78, 5) is 8.06. The molecule has 152 valence electrons. The van der Waals surface area contributed by atoms with Crippen molar-refractivity contribution in [1.29, 1.82) is 0 Å². The standard InChI is InChI=1S/C18H23ClFN5O2S/c1-13-3-5-15(11-16(13)20)25-28(26,27)10-9-23-18(21-2)22-8-7-14-4-6-17(19)24-12-14/h3-6,11-12,25H,7-10H2,1-2H3,(H2,21,22,23). The second kappa shape index (κ2) is 10.2. The van der Waals surface area contributed by atoms with Crippen LogP contribution in [0.1, 0.15) is 11.1 Å². The molecule has 0 aliphatic rings. The fraction of sp³-hybridized carbons (Fsp3) is 0.333. The van der Waals surface area contributed by atoms with Crippen molar-refractivity contribution in [3.05, 3.63) is 58.6 Å². The molecule has 2 aromatic rings. The molecule has 0 fully saturated rings. The number of pyridine rings is 1. The Hall–Kier alpha value is -2.39. The summed E-state index contributed by atoms with van der Waals surface area (Å²) in [5.74, 6) is -0.165. The van der Waals surface area contributed by atoms with Crippen LogP contribution in [0.5, 0.6) is 0 Å². The number of aromatic nitrogens is 1. The molecule has 0 aliphatic heterocycles. The van der Waals surface area contributed by atoms with E-state index in [1.54, 1.807) is 26.2 Å². The van der Waals surface area contributed by atoms with Gasteiger partial charge < -0.3 is 10.6 Å². The molecule has 7 nitrogen and oxygen atoms in total. The van der Waals surface area contributed by atoms with Crippen molar-refractivity contribution in [2.75, 3.05) is 30.6 Å². The monoisotopic (exact) mass is 427 g/mol. The SMILES string of the molecule is CN=C(NCCc1ccc(Cl)nc1)NCCS(=O)(=O)Nc1ccc(C)c(F)c1. The lowest BCUT2D eigenvalue weighted by Crippen LogP contribution is -2.40. The number of nitrogens with zero attached hydrogens (tertiary/aromatic N) is 2. The van der Waals surface area contributed by atoms with Gasteiger partial charge in [-0.1, -0.05) is 23.7 Å². The predicted octanol–water partition coefficient (Wildman–Crippen LogP) is 2.33. The van der Waals surface area contributed by atoms with Gasteiger partial charge in [-0.2, -0.15) is 0 Å². The Bertz CT molecular complexity index is 920. The van der Waals surface area contributed by atoms with E-state index in [1.165, 1.54) is 12.1 Å². The van der Waals surface area contributed by atoms with Gasteiger partial charge in [0.25, 0.3) is 0 Å². The highest BCUT2D eigenvalue weighted by Crippen LogP contribution is 2.14. The lowest BCUT2D eigenvalue weighted by atomic mass is 10.2. The summed E-state index contributed by atoms with van der Waals surface area (Å²) in [5.41, 5.74) is 1.67. The van der Waals surface area contributed by atoms with E-state index in [0.717, 1.165) is 11.6 Å². The van der Waals surface area contributed by atoms with E-state index in [9.17, 15) is 12.8 Å². The number of halogens is 2. The van der Waals surface area contributed by atoms with E-state index in [4.69, 9.17) is 11.6 Å². The Balaban J connectivity index is 1.76. The third kappa shape index (κ3) is 7.32. The molecule has 0 unspecified atom stereocenters. The number of aryl methyl sites for hydroxylation is 1. The van der Waals surface area contributed by atoms with Crippen LogP contribution in [-0.2, 0) is 16.4 Å². The number of sulfonamides is 1. The number of hydrogen-bond acceptors (Lipinski definition) is 4. The highest BCUT2D eigenvalue weighted by atomic mass is 35.5. The first-order valence-corrected chi connectivity index (χ1v) is 10.6. The van der Waals surface area contributed by atoms with Crippen molar-refractivity contribution >= 4 is 33.3 Å². The Morgan fingerprint density at radius 1 is 1.21 bits per heavy atom. The van der Waals surface area contributed by atoms with Gasteiger partial charge in [-0.05, 0) is 42.7 Å². The summed E-state index contributed by atoms with van der Waals surface area (Å²) in [7, 11) is -2.02. The van der Waals surface area contributed by atoms with Gasteiger partial charge in [-0.15, -0.1) is 0 Å². The highest BCUT2D eigenvalue weighted by molar-refractivity contribution is 7.92. The summed E-state index contributed by atoms with van der Waals surface area (Å²) in [6.07, 6.45) is 2.41. The molecule has 1 aromatic carbocycles. The lowest BCUT2D eigenvalue weighted by molar-refractivity contribution is 0.599. The topological polar surface area (TPSA) is 95.5 Å². The minimum absolute atomic E-state index is 0.145. The van der Waals surface area contributed by atoms with Crippen LogP contribution in [-0.4, -0.2) is 45.3 Å². The van der Waals surface area contributed by atoms with Gasteiger partial charge in [-0.3, -0.25) is 9.71 Å². The fourth-order valence-corrected chi connectivity index (χ4v) is 3.36. The molecular weight excluding hydrogens is 405 g/mol. The zero-order chi connectivity index (χ0) is 20.6. The van der Waals surface area contributed by atoms with Crippen molar-refractivity contribution in [1.82, 2.24) is 15.6 Å². The van der Waals surface area contributed by atoms with E-state index >= 15 is 0 Å². The fourth-order valence-electron chi connectivity index (χ4n) is 2.29. The summed E-state index contributed by atoms with van der Waals surface area (Å²) in [6, 6.07) is 7.82. The Labute approximate surface area is 169 Å². The normalized spacial score (nSPS) is 11.9. The molecule has 3 N–H and O–H groups in total. The van der Waals surface area contributed by atoms with Gasteiger partial charge in [0.15, 0.2) is 5.96 Å². The summed E-state index contributed by atoms with van der Waals surface area (Å²) < 4.78 is 40.2. The molecular formula is C18H23ClFN5O2S. The number of hydrogen-bond donors (Lipinski definition) is 3. The number of benzene rings is 1. The van der Waals surface area contributed by atoms with Crippen LogP contribution in [0, 0.1) is 12.7 Å². The molecule has 0 radical (unpaired) electrons. The Morgan fingerprint density at radius 3 is 2.61 bits per heavy atom. The van der Waals surface area contributed by atoms with Crippen molar-refractivity contribution in [3.8, 4) is 0 Å². The molecule has 0 saturated carbocycles. The molecule has 28 heavy (non-hydrogen) atoms. The smallest absolute Gasteiger partial charge is 0.234 e. The second-order valence-corrected chi connectivity index (χ2v) is 8.28. The van der Waals surface area contributed by atoms with Crippen LogP contribution >= 0.6 is 11.6 Å². The number of nitrogens with one attached hydrogen (secondary N) is 3. The number of guanidine groups is 1. The van der Waals surface area contributed by atoms with Gasteiger partial charge in [0.05, 0.1) is 11.4 Å². The van der Waals surface area contributed by atoms with E-state index in [-0.39, 0.29) is 18.0 Å². The molecule has 0 spiro atoms. The number of anilines is 1. The number of aliphatic imine (C=N–C) groups is 1. The van der Waals surface area contributed by atoms with Gasteiger partial charge in [-0.25, -0.2) is 17.8 Å². The first-order chi connectivity index (χ1) is 13.3. The Kier molecular flexibility index (Phi) is 8.01. The summed E-state index contributed by atoms with van der Waals surface area (Å²) in [6.45, 7) is 2.35. The van der Waals surface area contributed by atoms with Crippen LogP contribution < -0.4 is 15.4 Å². The zero-order valence-corrected chi connectivity index (χ0v) is 17.2. The lowest BCUT2D eigenvalue weighted by Gasteiger charge is -2.13. The zero-order valence-electron chi connectivity index (χ0n) is 15.7. The second-order valence-electron chi connectivity index (χ2n) is 6.05. The molecule has 0 atom stereocenters. The van der Waals surface area contributed by atoms with Crippen LogP contribution in [0.4, 0.5) is 10.1 Å². The largest absolute Gasteiger partial charge is 0.356 e. The molecule has 10 heteroatoms. The minimum atomic E-state index is -3.62. The van der Waals surface area contributed by atoms with E-state index in [1.807, 2.05) is 6.07 Å². The molecule has 1 heterocycles. The van der Waals surface area contributed by atoms with Crippen LogP contribution in [0.2, 0.25) is 5.15 Å². The van der Waals surface area contributed by atoms with E-state index in [2.05, 4.69) is 25.3 Å². The third-order valence-corrected chi connectivity index (χ3v) is 5.34. The average Bonchev–Trinajstić information content (AvgIpc) is 2.64. The van der Waals surface area contributed by atoms with Gasteiger partial charge in [0.2, 0.25) is 10.0 Å². The van der Waals surface area contributed by atoms with Crippen LogP contribution in [0.15, 0.2) is 41.5 Å². The first-order valence-electron chi connectivity index (χ1n) is 8.60. The predicted molar refractivity (Wildman–Crippen MR) is 111 cm³/mol. The van der Waals surface area contributed by atoms with Crippen molar-refractivity contribution in [2.24, 2.45) is 4.99 Å². The maximum Gasteiger partial charge on any atom is 0.234 e. The van der Waals surface area contributed by atoms with Crippen molar-refractivity contribution in [2.45, 2.75) is 13.3 Å². The van der Waals surface area contributed by atoms with E-state index < -0.39 is 15.8 Å². The van der Waals surface area contributed by atoms with Crippen molar-refractivity contribution < 1.29 is 12.8 Å². The van der Waals surface area contributed by atoms with Crippen LogP contribution in [0.25, 0.3) is 0 Å². The highest BCUT2D eigenvalue weighted by Gasteiger charge is 2.11. The quantitative estimate of drug-likeness (QED) is 0.341. The number of rotatable bonds is 8. The summed E-state index contributed by atoms with van der Waals surface area (Å²) in [5, 5.41) is 6.47. The molecule has 0 saturated heterocycles. The molecule has 2 rings (SSSR count). The third-order valence-electron chi connectivity index (χ3n) is 3.83. The van der Waals surface area contributed by atoms with Crippen LogP contribution in [0.3, 0.4) is 0 Å². The van der Waals surface area contributed by atoms with E-state index in [0.29, 0.717) is 29.6 Å². The van der Waals surface area contributed by atoms with Gasteiger partial charge in [0, 0.05) is 26.3 Å². The van der Waals surface area contributed by atoms with Gasteiger partial charge >= 0.3 is 0 Å². The minimum Gasteiger partial charge on any atom is -0.356 e.